The number of likely N-dealkylation sites (tertiary alicyclic amines) is 1. The van der Waals surface area contributed by atoms with Crippen LogP contribution in [0.4, 0.5) is 4.79 Å². The van der Waals surface area contributed by atoms with Gasteiger partial charge < -0.3 is 9.84 Å². The van der Waals surface area contributed by atoms with Crippen molar-refractivity contribution in [3.8, 4) is 0 Å². The Labute approximate surface area is 99.5 Å². The molecule has 1 aliphatic rings. The van der Waals surface area contributed by atoms with Crippen molar-refractivity contribution in [1.82, 2.24) is 4.90 Å². The molecule has 0 spiro atoms. The third-order valence-electron chi connectivity index (χ3n) is 2.35. The zero-order valence-corrected chi connectivity index (χ0v) is 10.2. The fourth-order valence-electron chi connectivity index (χ4n) is 1.64. The highest BCUT2D eigenvalue weighted by Crippen LogP contribution is 2.23. The van der Waals surface area contributed by atoms with Gasteiger partial charge in [-0.2, -0.15) is 0 Å². The first-order chi connectivity index (χ1) is 7.70. The van der Waals surface area contributed by atoms with Gasteiger partial charge in [-0.15, -0.1) is 0 Å². The summed E-state index contributed by atoms with van der Waals surface area (Å²) in [6.07, 6.45) is -0.557. The van der Waals surface area contributed by atoms with Crippen molar-refractivity contribution in [2.24, 2.45) is 5.92 Å². The quantitative estimate of drug-likeness (QED) is 0.788. The molecule has 1 atom stereocenters. The number of hydrogen-bond donors (Lipinski definition) is 1. The molecule has 0 aromatic carbocycles. The van der Waals surface area contributed by atoms with Crippen molar-refractivity contribution in [2.75, 3.05) is 6.54 Å². The summed E-state index contributed by atoms with van der Waals surface area (Å²) in [5, 5.41) is 8.62. The van der Waals surface area contributed by atoms with E-state index < -0.39 is 29.5 Å². The van der Waals surface area contributed by atoms with E-state index in [1.165, 1.54) is 0 Å². The van der Waals surface area contributed by atoms with Gasteiger partial charge in [0, 0.05) is 6.54 Å². The molecule has 2 amide bonds. The van der Waals surface area contributed by atoms with Crippen LogP contribution in [0.3, 0.4) is 0 Å². The standard InChI is InChI=1S/C11H17NO5/c1-11(2,3)17-10(16)12-5-4-7(9(12)15)6-8(13)14/h7H,4-6H2,1-3H3,(H,13,14)/t7-/m0/s1. The molecule has 1 rings (SSSR count). The second kappa shape index (κ2) is 4.73. The highest BCUT2D eigenvalue weighted by molar-refractivity contribution is 5.96. The Balaban J connectivity index is 2.61. The summed E-state index contributed by atoms with van der Waals surface area (Å²) >= 11 is 0. The average molecular weight is 243 g/mol. The van der Waals surface area contributed by atoms with Gasteiger partial charge in [-0.1, -0.05) is 0 Å². The third kappa shape index (κ3) is 3.72. The van der Waals surface area contributed by atoms with Crippen LogP contribution in [0, 0.1) is 5.92 Å². The monoisotopic (exact) mass is 243 g/mol. The number of carboxylic acids is 1. The lowest BCUT2D eigenvalue weighted by molar-refractivity contribution is -0.141. The van der Waals surface area contributed by atoms with Crippen LogP contribution in [0.15, 0.2) is 0 Å². The number of amides is 2. The van der Waals surface area contributed by atoms with Crippen LogP contribution in [0.2, 0.25) is 0 Å². The largest absolute Gasteiger partial charge is 0.481 e. The summed E-state index contributed by atoms with van der Waals surface area (Å²) in [6, 6.07) is 0. The van der Waals surface area contributed by atoms with Crippen molar-refractivity contribution in [2.45, 2.75) is 39.2 Å². The van der Waals surface area contributed by atoms with Gasteiger partial charge >= 0.3 is 12.1 Å². The molecule has 6 heteroatoms. The summed E-state index contributed by atoms with van der Waals surface area (Å²) in [6.45, 7) is 5.35. The average Bonchev–Trinajstić information content (AvgIpc) is 2.44. The summed E-state index contributed by atoms with van der Waals surface area (Å²) in [5.41, 5.74) is -0.664. The van der Waals surface area contributed by atoms with Crippen LogP contribution in [-0.4, -0.2) is 40.1 Å². The lowest BCUT2D eigenvalue weighted by atomic mass is 10.0. The SMILES string of the molecule is CC(C)(C)OC(=O)N1CC[C@@H](CC(=O)O)C1=O. The highest BCUT2D eigenvalue weighted by atomic mass is 16.6. The van der Waals surface area contributed by atoms with Gasteiger partial charge in [0.15, 0.2) is 0 Å². The minimum atomic E-state index is -1.03. The number of aliphatic carboxylic acids is 1. The smallest absolute Gasteiger partial charge is 0.417 e. The van der Waals surface area contributed by atoms with E-state index in [0.29, 0.717) is 6.42 Å². The van der Waals surface area contributed by atoms with Gasteiger partial charge in [-0.05, 0) is 27.2 Å². The van der Waals surface area contributed by atoms with Crippen LogP contribution in [0.25, 0.3) is 0 Å². The zero-order chi connectivity index (χ0) is 13.2. The first-order valence-electron chi connectivity index (χ1n) is 5.47. The first-order valence-corrected chi connectivity index (χ1v) is 5.47. The van der Waals surface area contributed by atoms with Gasteiger partial charge in [0.05, 0.1) is 12.3 Å². The van der Waals surface area contributed by atoms with E-state index in [0.717, 1.165) is 4.90 Å². The number of carbonyl (C=O) groups is 3. The minimum Gasteiger partial charge on any atom is -0.481 e. The molecule has 0 aromatic heterocycles. The molecule has 0 radical (unpaired) electrons. The molecule has 1 aliphatic heterocycles. The fourth-order valence-corrected chi connectivity index (χ4v) is 1.64. The molecule has 96 valence electrons. The number of ether oxygens (including phenoxy) is 1. The Hall–Kier alpha value is -1.59. The molecule has 0 unspecified atom stereocenters. The Morgan fingerprint density at radius 3 is 2.53 bits per heavy atom. The molecule has 17 heavy (non-hydrogen) atoms. The molecule has 0 aromatic rings. The second-order valence-electron chi connectivity index (χ2n) is 5.05. The number of carboxylic acid groups (broad SMARTS) is 1. The minimum absolute atomic E-state index is 0.228. The Morgan fingerprint density at radius 2 is 2.06 bits per heavy atom. The molecular formula is C11H17NO5. The fraction of sp³-hybridized carbons (Fsp3) is 0.727. The lowest BCUT2D eigenvalue weighted by Gasteiger charge is -2.23. The topological polar surface area (TPSA) is 83.9 Å². The van der Waals surface area contributed by atoms with E-state index >= 15 is 0 Å². The van der Waals surface area contributed by atoms with Gasteiger partial charge in [-0.25, -0.2) is 9.69 Å². The van der Waals surface area contributed by atoms with Crippen molar-refractivity contribution in [3.05, 3.63) is 0 Å². The second-order valence-corrected chi connectivity index (χ2v) is 5.05. The molecule has 1 saturated heterocycles. The van der Waals surface area contributed by atoms with Gasteiger partial charge in [0.25, 0.3) is 0 Å². The van der Waals surface area contributed by atoms with E-state index in [1.807, 2.05) is 0 Å². The molecule has 1 fully saturated rings. The number of carbonyl (C=O) groups excluding carboxylic acids is 2. The van der Waals surface area contributed by atoms with E-state index in [1.54, 1.807) is 20.8 Å². The van der Waals surface area contributed by atoms with Crippen molar-refractivity contribution >= 4 is 18.0 Å². The van der Waals surface area contributed by atoms with Crippen LogP contribution in [0.5, 0.6) is 0 Å². The maximum Gasteiger partial charge on any atom is 0.417 e. The molecule has 0 bridgehead atoms. The zero-order valence-electron chi connectivity index (χ0n) is 10.2. The molecule has 0 saturated carbocycles. The Morgan fingerprint density at radius 1 is 1.47 bits per heavy atom. The molecular weight excluding hydrogens is 226 g/mol. The van der Waals surface area contributed by atoms with Crippen LogP contribution >= 0.6 is 0 Å². The van der Waals surface area contributed by atoms with Crippen molar-refractivity contribution in [3.63, 3.8) is 0 Å². The van der Waals surface area contributed by atoms with E-state index in [2.05, 4.69) is 0 Å². The molecule has 1 N–H and O–H groups in total. The highest BCUT2D eigenvalue weighted by Gasteiger charge is 2.38. The first kappa shape index (κ1) is 13.5. The summed E-state index contributed by atoms with van der Waals surface area (Å²) < 4.78 is 5.06. The maximum atomic E-state index is 11.7. The normalized spacial score (nSPS) is 20.5. The predicted octanol–water partition coefficient (Wildman–Crippen LogP) is 1.24. The van der Waals surface area contributed by atoms with Crippen LogP contribution < -0.4 is 0 Å². The number of hydrogen-bond acceptors (Lipinski definition) is 4. The van der Waals surface area contributed by atoms with Gasteiger partial charge in [-0.3, -0.25) is 9.59 Å². The number of rotatable bonds is 2. The molecule has 0 aliphatic carbocycles. The van der Waals surface area contributed by atoms with E-state index in [-0.39, 0.29) is 13.0 Å². The summed E-state index contributed by atoms with van der Waals surface area (Å²) in [4.78, 5) is 34.9. The predicted molar refractivity (Wildman–Crippen MR) is 58.3 cm³/mol. The Bertz CT molecular complexity index is 344. The van der Waals surface area contributed by atoms with E-state index in [9.17, 15) is 14.4 Å². The summed E-state index contributed by atoms with van der Waals surface area (Å²) in [7, 11) is 0. The maximum absolute atomic E-state index is 11.7. The molecule has 1 heterocycles. The van der Waals surface area contributed by atoms with Gasteiger partial charge in [0.1, 0.15) is 5.60 Å². The van der Waals surface area contributed by atoms with Crippen LogP contribution in [0.1, 0.15) is 33.6 Å². The van der Waals surface area contributed by atoms with Crippen LogP contribution in [-0.2, 0) is 14.3 Å². The number of nitrogens with zero attached hydrogens (tertiary/aromatic N) is 1. The van der Waals surface area contributed by atoms with Crippen molar-refractivity contribution < 1.29 is 24.2 Å². The lowest BCUT2D eigenvalue weighted by Crippen LogP contribution is -2.38. The van der Waals surface area contributed by atoms with E-state index in [4.69, 9.17) is 9.84 Å². The molecule has 6 nitrogen and oxygen atoms in total. The number of imide groups is 1. The van der Waals surface area contributed by atoms with Crippen molar-refractivity contribution in [1.29, 1.82) is 0 Å². The third-order valence-corrected chi connectivity index (χ3v) is 2.35. The summed E-state index contributed by atoms with van der Waals surface area (Å²) in [5.74, 6) is -2.10. The Kier molecular flexibility index (Phi) is 3.75. The van der Waals surface area contributed by atoms with Gasteiger partial charge in [0.2, 0.25) is 5.91 Å².